The van der Waals surface area contributed by atoms with Gasteiger partial charge in [0.25, 0.3) is 5.91 Å². The number of piperidine rings is 1. The van der Waals surface area contributed by atoms with Crippen molar-refractivity contribution in [3.63, 3.8) is 0 Å². The Morgan fingerprint density at radius 2 is 1.88 bits per heavy atom. The minimum absolute atomic E-state index is 0.0426. The first-order valence-corrected chi connectivity index (χ1v) is 13.5. The van der Waals surface area contributed by atoms with Gasteiger partial charge in [-0.2, -0.15) is 13.2 Å². The third-order valence-electron chi connectivity index (χ3n) is 7.56. The number of hydrogen-bond donors (Lipinski definition) is 2. The summed E-state index contributed by atoms with van der Waals surface area (Å²) in [5, 5.41) is 4.15. The number of benzene rings is 2. The Morgan fingerprint density at radius 1 is 1.16 bits per heavy atom. The van der Waals surface area contributed by atoms with Gasteiger partial charge in [0.1, 0.15) is 11.9 Å². The molecule has 10 nitrogen and oxygen atoms in total. The summed E-state index contributed by atoms with van der Waals surface area (Å²) < 4.78 is 66.6. The van der Waals surface area contributed by atoms with Crippen LogP contribution in [0.3, 0.4) is 0 Å². The van der Waals surface area contributed by atoms with Crippen molar-refractivity contribution >= 4 is 46.4 Å². The highest BCUT2D eigenvalue weighted by molar-refractivity contribution is 6.32. The van der Waals surface area contributed by atoms with E-state index >= 15 is 0 Å². The summed E-state index contributed by atoms with van der Waals surface area (Å²) in [6.07, 6.45) is -3.00. The quantitative estimate of drug-likeness (QED) is 0.306. The van der Waals surface area contributed by atoms with Crippen LogP contribution < -0.4 is 10.6 Å². The van der Waals surface area contributed by atoms with E-state index in [0.29, 0.717) is 11.0 Å². The lowest BCUT2D eigenvalue weighted by molar-refractivity contribution is -0.148. The average molecular weight is 628 g/mol. The van der Waals surface area contributed by atoms with Gasteiger partial charge < -0.3 is 14.8 Å². The second kappa shape index (κ2) is 11.8. The molecule has 4 amide bonds. The summed E-state index contributed by atoms with van der Waals surface area (Å²) in [5.41, 5.74) is 0.761. The zero-order chi connectivity index (χ0) is 31.1. The summed E-state index contributed by atoms with van der Waals surface area (Å²) in [4.78, 5) is 54.5. The first kappa shape index (κ1) is 30.2. The highest BCUT2D eigenvalue weighted by atomic mass is 35.5. The molecule has 2 N–H and O–H groups in total. The molecule has 2 fully saturated rings. The molecule has 0 radical (unpaired) electrons. The number of fused-ring (bicyclic) bond motifs is 2. The third-order valence-corrected chi connectivity index (χ3v) is 7.90. The molecule has 6 rings (SSSR count). The van der Waals surface area contributed by atoms with E-state index in [1.165, 1.54) is 10.6 Å². The van der Waals surface area contributed by atoms with Crippen LogP contribution in [0.4, 0.5) is 26.9 Å². The van der Waals surface area contributed by atoms with Gasteiger partial charge in [0.2, 0.25) is 17.6 Å². The first-order valence-electron chi connectivity index (χ1n) is 13.2. The van der Waals surface area contributed by atoms with Gasteiger partial charge in [0.05, 0.1) is 16.6 Å². The molecule has 1 aromatic heterocycles. The van der Waals surface area contributed by atoms with Crippen molar-refractivity contribution in [1.29, 1.82) is 0 Å². The second-order valence-corrected chi connectivity index (χ2v) is 10.6. The number of alkyl halides is 3. The normalized spacial score (nSPS) is 18.5. The van der Waals surface area contributed by atoms with Gasteiger partial charge >= 0.3 is 12.3 Å². The number of rotatable bonds is 4. The molecule has 2 aromatic carbocycles. The maximum atomic E-state index is 14.7. The first-order chi connectivity index (χ1) is 20.4. The number of nitrogens with zero attached hydrogens (tertiary/aromatic N) is 3. The number of aromatic nitrogens is 2. The van der Waals surface area contributed by atoms with E-state index in [0.717, 1.165) is 24.2 Å². The molecule has 16 heteroatoms. The van der Waals surface area contributed by atoms with Gasteiger partial charge in [-0.3, -0.25) is 19.7 Å². The van der Waals surface area contributed by atoms with Crippen molar-refractivity contribution in [2.45, 2.75) is 63.5 Å². The summed E-state index contributed by atoms with van der Waals surface area (Å²) in [5.74, 6) is -3.50. The van der Waals surface area contributed by atoms with Crippen LogP contribution >= 0.6 is 11.6 Å². The van der Waals surface area contributed by atoms with Crippen molar-refractivity contribution in [1.82, 2.24) is 25.1 Å². The number of nitrogens with one attached hydrogen (secondary N) is 2. The SMILES string of the molecule is FC(F)(F)c1nc2ccccc2n1C1CCC1.O=C1CCC(N2Cc3c(Cl)cc(CNC(=O)OF)c(F)c3C2=O)C(=O)N1. The number of amides is 4. The fourth-order valence-electron chi connectivity index (χ4n) is 5.29. The molecule has 3 aromatic rings. The van der Waals surface area contributed by atoms with Gasteiger partial charge in [-0.05, 0) is 43.9 Å². The van der Waals surface area contributed by atoms with Crippen molar-refractivity contribution in [3.8, 4) is 0 Å². The molecule has 1 saturated carbocycles. The molecular formula is C27H23ClF5N5O5. The number of imide groups is 1. The minimum atomic E-state index is -4.38. The van der Waals surface area contributed by atoms with Crippen LogP contribution in [0.15, 0.2) is 30.3 Å². The largest absolute Gasteiger partial charge is 0.449 e. The van der Waals surface area contributed by atoms with Gasteiger partial charge in [-0.15, -0.1) is 0 Å². The van der Waals surface area contributed by atoms with Crippen LogP contribution in [0, 0.1) is 5.82 Å². The standard InChI is InChI=1S/C15H12ClF2N3O5.C12H11F3N2/c16-8-3-6(4-19-15(25)26-18)12(17)11-7(8)5-21(14(11)24)9-1-2-10(22)20-13(9)23;13-12(14,15)11-16-9-6-1-2-7-10(9)17(11)8-4-3-5-8/h3,9H,1-2,4-5H2,(H,19,25)(H,20,22,23);1-2,6-8H,3-5H2. The molecule has 1 saturated heterocycles. The number of imidazole rings is 1. The van der Waals surface area contributed by atoms with E-state index < -0.39 is 54.2 Å². The minimum Gasteiger partial charge on any atom is -0.322 e. The van der Waals surface area contributed by atoms with E-state index in [1.807, 2.05) is 5.32 Å². The van der Waals surface area contributed by atoms with Crippen LogP contribution in [-0.2, 0) is 33.8 Å². The summed E-state index contributed by atoms with van der Waals surface area (Å²) in [6, 6.07) is 7.04. The number of para-hydroxylation sites is 2. The Labute approximate surface area is 245 Å². The molecule has 1 aliphatic carbocycles. The van der Waals surface area contributed by atoms with Crippen LogP contribution in [-0.4, -0.2) is 44.3 Å². The monoisotopic (exact) mass is 627 g/mol. The summed E-state index contributed by atoms with van der Waals surface area (Å²) >= 11 is 6.11. The second-order valence-electron chi connectivity index (χ2n) is 10.2. The van der Waals surface area contributed by atoms with Gasteiger partial charge in [0, 0.05) is 46.2 Å². The van der Waals surface area contributed by atoms with Gasteiger partial charge in [-0.25, -0.2) is 19.1 Å². The van der Waals surface area contributed by atoms with Crippen LogP contribution in [0.2, 0.25) is 5.02 Å². The Kier molecular flexibility index (Phi) is 8.27. The third kappa shape index (κ3) is 5.85. The molecule has 2 aliphatic heterocycles. The van der Waals surface area contributed by atoms with E-state index in [9.17, 15) is 41.3 Å². The van der Waals surface area contributed by atoms with Crippen molar-refractivity contribution < 1.29 is 46.2 Å². The molecule has 0 bridgehead atoms. The predicted molar refractivity (Wildman–Crippen MR) is 140 cm³/mol. The lowest BCUT2D eigenvalue weighted by Gasteiger charge is -2.29. The highest BCUT2D eigenvalue weighted by Gasteiger charge is 2.42. The van der Waals surface area contributed by atoms with Crippen molar-refractivity contribution in [2.24, 2.45) is 0 Å². The van der Waals surface area contributed by atoms with Crippen LogP contribution in [0.1, 0.15) is 65.5 Å². The van der Waals surface area contributed by atoms with Crippen molar-refractivity contribution in [3.05, 3.63) is 63.7 Å². The fourth-order valence-corrected chi connectivity index (χ4v) is 5.58. The Hall–Kier alpha value is -4.27. The smallest absolute Gasteiger partial charge is 0.322 e. The van der Waals surface area contributed by atoms with E-state index in [1.54, 1.807) is 24.3 Å². The highest BCUT2D eigenvalue weighted by Crippen LogP contribution is 2.40. The lowest BCUT2D eigenvalue weighted by Crippen LogP contribution is -2.52. The number of halogens is 6. The lowest BCUT2D eigenvalue weighted by atomic mass is 9.92. The molecule has 1 atom stereocenters. The van der Waals surface area contributed by atoms with Gasteiger partial charge in [-0.1, -0.05) is 23.7 Å². The predicted octanol–water partition coefficient (Wildman–Crippen LogP) is 5.13. The zero-order valence-electron chi connectivity index (χ0n) is 22.1. The molecule has 3 heterocycles. The Bertz CT molecular complexity index is 1620. The average Bonchev–Trinajstić information content (AvgIpc) is 3.48. The zero-order valence-corrected chi connectivity index (χ0v) is 22.9. The summed E-state index contributed by atoms with van der Waals surface area (Å²) in [7, 11) is 0. The van der Waals surface area contributed by atoms with E-state index in [2.05, 4.69) is 15.2 Å². The van der Waals surface area contributed by atoms with Gasteiger partial charge in [0.15, 0.2) is 0 Å². The molecule has 43 heavy (non-hydrogen) atoms. The molecule has 1 unspecified atom stereocenters. The van der Waals surface area contributed by atoms with Crippen LogP contribution in [0.25, 0.3) is 11.0 Å². The molecule has 228 valence electrons. The topological polar surface area (TPSA) is 123 Å². The summed E-state index contributed by atoms with van der Waals surface area (Å²) in [6.45, 7) is -0.538. The van der Waals surface area contributed by atoms with E-state index in [4.69, 9.17) is 11.6 Å². The number of hydrogen-bond acceptors (Lipinski definition) is 6. The molecule has 0 spiro atoms. The Balaban J connectivity index is 0.000000186. The fraction of sp³-hybridized carbons (Fsp3) is 0.370. The maximum Gasteiger partial charge on any atom is 0.449 e. The number of carbonyl (C=O) groups excluding carboxylic acids is 4. The van der Waals surface area contributed by atoms with Crippen molar-refractivity contribution in [2.75, 3.05) is 0 Å². The number of carbonyl (C=O) groups is 4. The Morgan fingerprint density at radius 3 is 2.51 bits per heavy atom. The molecule has 3 aliphatic rings. The maximum absolute atomic E-state index is 14.7. The van der Waals surface area contributed by atoms with E-state index in [-0.39, 0.29) is 47.1 Å². The van der Waals surface area contributed by atoms with Crippen LogP contribution in [0.5, 0.6) is 0 Å². The molecular weight excluding hydrogens is 605 g/mol.